The summed E-state index contributed by atoms with van der Waals surface area (Å²) in [5.74, 6) is 0. The maximum absolute atomic E-state index is 2.28. The minimum atomic E-state index is 1.24. The van der Waals surface area contributed by atoms with E-state index >= 15 is 0 Å². The SMILES string of the molecule is Cc1cc(-c2ccccc2)ccc1-c1cccc(-c2ccccc2)c1.Cc1ccc(-c2ccc(-c3cccc(-c4ccccc4)c3)cc2)cc1.Cc1cccc(-c2ccc(-c3cccc(-c4ccccc4)c3)cc2)c1.Cc1cccc(-c2ccccc2-c2ccc(-c3ccccc3)cc2)c1.Cc1ccccc1-c1ccc(-c2cccc(-c3ccccc3)c2)cc1.Cc1ccccc1-c1ccccc1-c1ccc(-c2ccccc2)cc1. The van der Waals surface area contributed by atoms with Crippen molar-refractivity contribution in [3.05, 3.63) is 652 Å². The van der Waals surface area contributed by atoms with Gasteiger partial charge in [0.15, 0.2) is 0 Å². The van der Waals surface area contributed by atoms with E-state index in [9.17, 15) is 0 Å². The molecule has 0 aliphatic rings. The smallest absolute Gasteiger partial charge is 0.0103 e. The van der Waals surface area contributed by atoms with Crippen molar-refractivity contribution in [3.8, 4) is 200 Å². The van der Waals surface area contributed by atoms with Gasteiger partial charge in [-0.3, -0.25) is 0 Å². The molecule has 150 heavy (non-hydrogen) atoms. The molecule has 24 aromatic rings. The van der Waals surface area contributed by atoms with Crippen molar-refractivity contribution in [2.24, 2.45) is 0 Å². The minimum Gasteiger partial charge on any atom is -0.0622 e. The number of hydrogen-bond donors (Lipinski definition) is 0. The van der Waals surface area contributed by atoms with Crippen LogP contribution in [-0.2, 0) is 0 Å². The highest BCUT2D eigenvalue weighted by Gasteiger charge is 2.16. The monoisotopic (exact) mass is 1920 g/mol. The lowest BCUT2D eigenvalue weighted by molar-refractivity contribution is 1.45. The van der Waals surface area contributed by atoms with E-state index in [-0.39, 0.29) is 0 Å². The van der Waals surface area contributed by atoms with Gasteiger partial charge < -0.3 is 0 Å². The second kappa shape index (κ2) is 49.7. The van der Waals surface area contributed by atoms with E-state index in [4.69, 9.17) is 0 Å². The molecule has 0 N–H and O–H groups in total. The summed E-state index contributed by atoms with van der Waals surface area (Å²) < 4.78 is 0. The van der Waals surface area contributed by atoms with Gasteiger partial charge in [-0.15, -0.1) is 0 Å². The Morgan fingerprint density at radius 2 is 0.240 bits per heavy atom. The molecule has 0 aliphatic heterocycles. The summed E-state index contributed by atoms with van der Waals surface area (Å²) in [6.07, 6.45) is 0. The maximum atomic E-state index is 2.28. The minimum absolute atomic E-state index is 1.24. The maximum Gasteiger partial charge on any atom is -0.0103 e. The van der Waals surface area contributed by atoms with Crippen molar-refractivity contribution < 1.29 is 0 Å². The summed E-state index contributed by atoms with van der Waals surface area (Å²) in [6, 6.07) is 220. The fourth-order valence-electron chi connectivity index (χ4n) is 19.4. The molecule has 720 valence electrons. The molecule has 0 aromatic heterocycles. The fourth-order valence-corrected chi connectivity index (χ4v) is 19.4. The molecular weight excluding hydrogens is 1800 g/mol. The van der Waals surface area contributed by atoms with Gasteiger partial charge in [0.1, 0.15) is 0 Å². The Hall–Kier alpha value is -18.7. The molecule has 0 saturated carbocycles. The second-order valence-corrected chi connectivity index (χ2v) is 38.1. The topological polar surface area (TPSA) is 0 Å². The number of rotatable bonds is 18. The predicted octanol–water partition coefficient (Wildman–Crippen LogP) is 42.0. The third kappa shape index (κ3) is 26.0. The average molecular weight is 1920 g/mol. The molecule has 0 nitrogen and oxygen atoms in total. The van der Waals surface area contributed by atoms with Crippen LogP contribution in [0.25, 0.3) is 200 Å². The van der Waals surface area contributed by atoms with E-state index in [1.165, 1.54) is 234 Å². The second-order valence-electron chi connectivity index (χ2n) is 38.1. The Bertz CT molecular complexity index is 8470. The van der Waals surface area contributed by atoms with Gasteiger partial charge in [0, 0.05) is 0 Å². The van der Waals surface area contributed by atoms with Crippen molar-refractivity contribution in [1.82, 2.24) is 0 Å². The van der Waals surface area contributed by atoms with Gasteiger partial charge in [-0.2, -0.15) is 0 Å². The zero-order valence-corrected chi connectivity index (χ0v) is 85.9. The summed E-state index contributed by atoms with van der Waals surface area (Å²) in [7, 11) is 0. The van der Waals surface area contributed by atoms with Crippen molar-refractivity contribution in [3.63, 3.8) is 0 Å². The molecule has 0 heterocycles. The van der Waals surface area contributed by atoms with Crippen LogP contribution in [0.2, 0.25) is 0 Å². The fraction of sp³-hybridized carbons (Fsp3) is 0.0400. The van der Waals surface area contributed by atoms with Crippen LogP contribution in [0.4, 0.5) is 0 Å². The molecule has 0 amide bonds. The molecule has 0 fully saturated rings. The zero-order valence-electron chi connectivity index (χ0n) is 85.9. The van der Waals surface area contributed by atoms with Gasteiger partial charge in [0.25, 0.3) is 0 Å². The quantitative estimate of drug-likeness (QED) is 0.0803. The van der Waals surface area contributed by atoms with Crippen molar-refractivity contribution in [2.75, 3.05) is 0 Å². The van der Waals surface area contributed by atoms with Gasteiger partial charge in [0.05, 0.1) is 0 Å². The van der Waals surface area contributed by atoms with Gasteiger partial charge >= 0.3 is 0 Å². The van der Waals surface area contributed by atoms with Crippen LogP contribution in [0.5, 0.6) is 0 Å². The third-order valence-electron chi connectivity index (χ3n) is 27.6. The van der Waals surface area contributed by atoms with Gasteiger partial charge in [-0.1, -0.05) is 611 Å². The summed E-state index contributed by atoms with van der Waals surface area (Å²) in [5, 5.41) is 0. The molecule has 0 radical (unpaired) electrons. The Morgan fingerprint density at radius 3 is 0.540 bits per heavy atom. The van der Waals surface area contributed by atoms with Gasteiger partial charge in [-0.25, -0.2) is 0 Å². The summed E-state index contributed by atoms with van der Waals surface area (Å²) in [5.41, 5.74) is 53.1. The van der Waals surface area contributed by atoms with E-state index in [0.29, 0.717) is 0 Å². The molecule has 24 rings (SSSR count). The highest BCUT2D eigenvalue weighted by atomic mass is 14.2. The third-order valence-corrected chi connectivity index (χ3v) is 27.6. The van der Waals surface area contributed by atoms with Crippen LogP contribution < -0.4 is 0 Å². The molecule has 0 saturated heterocycles. The molecule has 0 atom stereocenters. The zero-order chi connectivity index (χ0) is 102. The largest absolute Gasteiger partial charge is 0.0622 e. The van der Waals surface area contributed by atoms with E-state index in [0.717, 1.165) is 0 Å². The molecule has 0 aliphatic carbocycles. The Morgan fingerprint density at radius 1 is 0.0733 bits per heavy atom. The predicted molar refractivity (Wildman–Crippen MR) is 645 cm³/mol. The number of benzene rings is 24. The summed E-state index contributed by atoms with van der Waals surface area (Å²) >= 11 is 0. The van der Waals surface area contributed by atoms with Crippen molar-refractivity contribution in [2.45, 2.75) is 41.5 Å². The Kier molecular flexibility index (Phi) is 33.1. The first-order valence-corrected chi connectivity index (χ1v) is 51.8. The number of hydrogen-bond acceptors (Lipinski definition) is 0. The van der Waals surface area contributed by atoms with Crippen LogP contribution in [-0.4, -0.2) is 0 Å². The Balaban J connectivity index is 0.000000113. The first-order chi connectivity index (χ1) is 73.8. The van der Waals surface area contributed by atoms with E-state index in [1.807, 2.05) is 0 Å². The summed E-state index contributed by atoms with van der Waals surface area (Å²) in [4.78, 5) is 0. The van der Waals surface area contributed by atoms with Crippen LogP contribution in [0.15, 0.2) is 619 Å². The molecule has 0 spiro atoms. The normalized spacial score (nSPS) is 10.6. The van der Waals surface area contributed by atoms with E-state index in [2.05, 4.69) is 660 Å². The van der Waals surface area contributed by atoms with Crippen LogP contribution in [0.1, 0.15) is 33.4 Å². The number of aryl methyl sites for hydroxylation is 6. The van der Waals surface area contributed by atoms with Crippen molar-refractivity contribution in [1.29, 1.82) is 0 Å². The molecule has 0 unspecified atom stereocenters. The Labute approximate surface area is 887 Å². The molecule has 24 aromatic carbocycles. The van der Waals surface area contributed by atoms with Gasteiger partial charge in [-0.05, 0) is 283 Å². The molecular formula is C150H120. The lowest BCUT2D eigenvalue weighted by Crippen LogP contribution is -1.88. The molecule has 0 heteroatoms. The van der Waals surface area contributed by atoms with Crippen LogP contribution >= 0.6 is 0 Å². The highest BCUT2D eigenvalue weighted by molar-refractivity contribution is 5.89. The highest BCUT2D eigenvalue weighted by Crippen LogP contribution is 2.41. The van der Waals surface area contributed by atoms with E-state index < -0.39 is 0 Å². The lowest BCUT2D eigenvalue weighted by atomic mass is 9.91. The average Bonchev–Trinajstić information content (AvgIpc) is 0.814. The van der Waals surface area contributed by atoms with Crippen LogP contribution in [0, 0.1) is 41.5 Å². The standard InChI is InChI=1S/6C25H20/c1-19-17-23(21-11-6-3-7-12-21)15-16-25(19)24-14-8-13-22(18-24)20-9-4-2-5-10-20;1-19-7-5-10-23(17-19)21-13-15-22(16-14-21)25-12-6-11-24(18-25)20-8-3-2-4-9-20;1-19-9-5-6-12-23(19)25-14-8-7-13-24(25)22-17-15-21(16-18-22)20-10-3-2-4-11-20;1-19-8-7-11-23(18-19)25-13-6-5-12-24(25)22-16-14-21(15-17-22)20-9-3-2-4-10-20;1-19-8-5-6-13-25(19)22-16-14-21(15-17-22)24-12-7-11-23(18-24)20-9-3-2-4-10-20;1-19-10-12-21(13-11-19)22-14-16-23(17-15-22)25-9-5-8-24(18-25)20-6-3-2-4-7-20/h6*2-18H,1H3. The lowest BCUT2D eigenvalue weighted by Gasteiger charge is -2.13. The first kappa shape index (κ1) is 100.0. The van der Waals surface area contributed by atoms with Gasteiger partial charge in [0.2, 0.25) is 0 Å². The first-order valence-electron chi connectivity index (χ1n) is 51.8. The molecule has 0 bridgehead atoms. The van der Waals surface area contributed by atoms with Crippen LogP contribution in [0.3, 0.4) is 0 Å². The van der Waals surface area contributed by atoms with E-state index in [1.54, 1.807) is 0 Å². The van der Waals surface area contributed by atoms with Crippen molar-refractivity contribution >= 4 is 0 Å². The summed E-state index contributed by atoms with van der Waals surface area (Å²) in [6.45, 7) is 12.9.